The molecule has 0 heterocycles. The molecule has 58 valence electrons. The second-order valence-electron chi connectivity index (χ2n) is 2.35. The normalized spacial score (nSPS) is 8.80. The van der Waals surface area contributed by atoms with Gasteiger partial charge in [-0.15, -0.1) is 0 Å². The van der Waals surface area contributed by atoms with Gasteiger partial charge >= 0.3 is 61.4 Å². The van der Waals surface area contributed by atoms with E-state index in [9.17, 15) is 4.65 Å². The van der Waals surface area contributed by atoms with E-state index in [0.717, 1.165) is 12.8 Å². The van der Waals surface area contributed by atoms with E-state index in [0.29, 0.717) is 6.61 Å². The van der Waals surface area contributed by atoms with Crippen LogP contribution >= 0.6 is 0 Å². The van der Waals surface area contributed by atoms with Gasteiger partial charge in [-0.1, -0.05) is 0 Å². The monoisotopic (exact) mass is 143 g/mol. The van der Waals surface area contributed by atoms with Crippen LogP contribution in [0.25, 0.3) is 0 Å². The van der Waals surface area contributed by atoms with Gasteiger partial charge in [-0.25, -0.2) is 0 Å². The van der Waals surface area contributed by atoms with Gasteiger partial charge < -0.3 is 0 Å². The molecule has 0 aromatic heterocycles. The summed E-state index contributed by atoms with van der Waals surface area (Å²) in [6.45, 7) is 2.71. The summed E-state index contributed by atoms with van der Waals surface area (Å²) in [5, 5.41) is 0. The maximum atomic E-state index is 9.55. The predicted octanol–water partition coefficient (Wildman–Crippen LogP) is 2.32. The predicted molar refractivity (Wildman–Crippen MR) is 39.3 cm³/mol. The second-order valence-corrected chi connectivity index (χ2v) is 2.35. The van der Waals surface area contributed by atoms with Crippen molar-refractivity contribution in [3.05, 3.63) is 0 Å². The Bertz CT molecular complexity index is 93.9. The quantitative estimate of drug-likeness (QED) is 0.414. The van der Waals surface area contributed by atoms with E-state index >= 15 is 0 Å². The summed E-state index contributed by atoms with van der Waals surface area (Å²) in [4.78, 5) is 0. The molecule has 0 aliphatic carbocycles. The summed E-state index contributed by atoms with van der Waals surface area (Å²) in [6.07, 6.45) is 7.33. The van der Waals surface area contributed by atoms with Crippen LogP contribution in [-0.2, 0) is 9.39 Å². The zero-order chi connectivity index (χ0) is 7.66. The van der Waals surface area contributed by atoms with Crippen molar-refractivity contribution in [3.63, 3.8) is 0 Å². The molecule has 0 aliphatic rings. The molecule has 0 aromatic carbocycles. The molecule has 2 heteroatoms. The molecule has 0 saturated carbocycles. The Morgan fingerprint density at radius 3 is 2.50 bits per heavy atom. The third-order valence-electron chi connectivity index (χ3n) is 1.41. The zero-order valence-electron chi connectivity index (χ0n) is 6.56. The number of ether oxygens (including phenoxy) is 1. The summed E-state index contributed by atoms with van der Waals surface area (Å²) in [6, 6.07) is 0. The van der Waals surface area contributed by atoms with E-state index in [-0.39, 0.29) is 0 Å². The van der Waals surface area contributed by atoms with E-state index in [2.05, 4.69) is 11.7 Å². The van der Waals surface area contributed by atoms with Crippen LogP contribution in [-0.4, -0.2) is 6.61 Å². The molecule has 0 fully saturated rings. The Labute approximate surface area is 62.3 Å². The second kappa shape index (κ2) is 8.54. The molecule has 0 bridgehead atoms. The first-order valence-corrected chi connectivity index (χ1v) is 3.90. The first-order chi connectivity index (χ1) is 4.91. The van der Waals surface area contributed by atoms with E-state index in [1.165, 1.54) is 25.6 Å². The molecular weight excluding hydrogens is 128 g/mol. The van der Waals surface area contributed by atoms with Gasteiger partial charge in [0.2, 0.25) is 0 Å². The van der Waals surface area contributed by atoms with Gasteiger partial charge in [0.25, 0.3) is 0 Å². The van der Waals surface area contributed by atoms with Gasteiger partial charge in [0.15, 0.2) is 0 Å². The number of unbranched alkanes of at least 4 members (excludes halogenated alkanes) is 4. The van der Waals surface area contributed by atoms with Gasteiger partial charge in [-0.05, 0) is 0 Å². The Morgan fingerprint density at radius 2 is 1.90 bits per heavy atom. The van der Waals surface area contributed by atoms with Crippen molar-refractivity contribution in [2.75, 3.05) is 6.61 Å². The topological polar surface area (TPSA) is 29.1 Å². The van der Waals surface area contributed by atoms with Crippen molar-refractivity contribution in [3.8, 4) is 6.33 Å². The fourth-order valence-corrected chi connectivity index (χ4v) is 0.819. The molecule has 2 nitrogen and oxygen atoms in total. The number of hydrogen-bond donors (Lipinski definition) is 0. The van der Waals surface area contributed by atoms with Crippen LogP contribution in [0.5, 0.6) is 0 Å². The van der Waals surface area contributed by atoms with Crippen molar-refractivity contribution in [1.82, 2.24) is 0 Å². The van der Waals surface area contributed by atoms with Crippen LogP contribution in [0.15, 0.2) is 0 Å². The number of rotatable bonds is 6. The van der Waals surface area contributed by atoms with Crippen molar-refractivity contribution in [2.24, 2.45) is 0 Å². The summed E-state index contributed by atoms with van der Waals surface area (Å²) < 4.78 is 14.0. The first kappa shape index (κ1) is 9.54. The summed E-state index contributed by atoms with van der Waals surface area (Å²) in [7, 11) is 0. The van der Waals surface area contributed by atoms with Gasteiger partial charge in [-0.2, -0.15) is 0 Å². The van der Waals surface area contributed by atoms with E-state index in [4.69, 9.17) is 0 Å². The Kier molecular flexibility index (Phi) is 8.15. The minimum atomic E-state index is 0.535. The Balaban J connectivity index is 2.72. The SMILES string of the molecule is CCCCCCCOC#[O+]. The van der Waals surface area contributed by atoms with Crippen LogP contribution in [0.2, 0.25) is 0 Å². The fourth-order valence-electron chi connectivity index (χ4n) is 0.819. The Hall–Kier alpha value is -0.460. The summed E-state index contributed by atoms with van der Waals surface area (Å²) in [5.74, 6) is 0. The van der Waals surface area contributed by atoms with Gasteiger partial charge in [0, 0.05) is 0 Å². The number of hydrogen-bond acceptors (Lipinski definition) is 1. The Morgan fingerprint density at radius 1 is 1.20 bits per heavy atom. The average molecular weight is 143 g/mol. The molecule has 0 aliphatic heterocycles. The molecule has 0 radical (unpaired) electrons. The van der Waals surface area contributed by atoms with Crippen LogP contribution in [0.4, 0.5) is 0 Å². The fraction of sp³-hybridized carbons (Fsp3) is 0.875. The molecule has 0 spiro atoms. The van der Waals surface area contributed by atoms with E-state index < -0.39 is 0 Å². The summed E-state index contributed by atoms with van der Waals surface area (Å²) in [5.41, 5.74) is 0. The zero-order valence-corrected chi connectivity index (χ0v) is 6.56. The van der Waals surface area contributed by atoms with Crippen LogP contribution in [0, 0.1) is 6.33 Å². The molecule has 0 unspecified atom stereocenters. The molecule has 0 saturated heterocycles. The molecule has 0 atom stereocenters. The average Bonchev–Trinajstić information content (AvgIpc) is 1.97. The molecule has 0 rings (SSSR count). The van der Waals surface area contributed by atoms with Crippen molar-refractivity contribution in [1.29, 1.82) is 0 Å². The van der Waals surface area contributed by atoms with Gasteiger partial charge in [0.1, 0.15) is 0 Å². The minimum absolute atomic E-state index is 0.535. The van der Waals surface area contributed by atoms with Crippen molar-refractivity contribution >= 4 is 0 Å². The van der Waals surface area contributed by atoms with E-state index in [1.54, 1.807) is 0 Å². The summed E-state index contributed by atoms with van der Waals surface area (Å²) >= 11 is 0. The molecule has 0 amide bonds. The maximum absolute atomic E-state index is 9.55. The molecule has 0 N–H and O–H groups in total. The molecule has 0 aromatic rings. The van der Waals surface area contributed by atoms with Crippen molar-refractivity contribution < 1.29 is 9.39 Å². The van der Waals surface area contributed by atoms with Gasteiger partial charge in [-0.3, -0.25) is 0 Å². The van der Waals surface area contributed by atoms with E-state index in [1.807, 2.05) is 0 Å². The van der Waals surface area contributed by atoms with Crippen LogP contribution < -0.4 is 0 Å². The third-order valence-corrected chi connectivity index (χ3v) is 1.41. The van der Waals surface area contributed by atoms with Crippen molar-refractivity contribution in [2.45, 2.75) is 39.0 Å². The standard InChI is InChI=1S/C8H15O2/c1-2-3-4-5-6-7-10-8-9/h2-7H2,1H3/q+1. The third kappa shape index (κ3) is 7.54. The van der Waals surface area contributed by atoms with Crippen LogP contribution in [0.3, 0.4) is 0 Å². The molecule has 10 heavy (non-hydrogen) atoms. The van der Waals surface area contributed by atoms with Crippen LogP contribution in [0.1, 0.15) is 39.0 Å². The first-order valence-electron chi connectivity index (χ1n) is 3.90. The van der Waals surface area contributed by atoms with Gasteiger partial charge in [0.05, 0.1) is 0 Å². The molecular formula is C8H15O2+.